The molecule has 0 saturated carbocycles. The van der Waals surface area contributed by atoms with Gasteiger partial charge in [0.1, 0.15) is 6.54 Å². The molecule has 0 bridgehead atoms. The number of halogens is 1. The Hall–Kier alpha value is -3.58. The average Bonchev–Trinajstić information content (AvgIpc) is 2.75. The summed E-state index contributed by atoms with van der Waals surface area (Å²) in [5.74, 6) is -0.673. The quantitative estimate of drug-likeness (QED) is 0.413. The number of nitrogens with zero attached hydrogens (tertiary/aromatic N) is 2. The van der Waals surface area contributed by atoms with Crippen LogP contribution in [0.15, 0.2) is 76.4 Å². The minimum Gasteiger partial charge on any atom is -0.337 e. The van der Waals surface area contributed by atoms with Gasteiger partial charge in [-0.3, -0.25) is 19.4 Å². The van der Waals surface area contributed by atoms with Crippen LogP contribution in [-0.4, -0.2) is 21.2 Å². The third-order valence-electron chi connectivity index (χ3n) is 5.05. The van der Waals surface area contributed by atoms with Gasteiger partial charge in [0, 0.05) is 39.7 Å². The van der Waals surface area contributed by atoms with E-state index in [2.05, 4.69) is 26.2 Å². The van der Waals surface area contributed by atoms with E-state index >= 15 is 0 Å². The number of fused-ring (bicyclic) bond motifs is 1. The van der Waals surface area contributed by atoms with Crippen molar-refractivity contribution in [2.45, 2.75) is 20.4 Å². The minimum atomic E-state index is -0.414. The summed E-state index contributed by atoms with van der Waals surface area (Å²) >= 11 is 3.39. The molecule has 4 rings (SSSR count). The molecular formula is C25H20BrN3O3. The Morgan fingerprint density at radius 3 is 2.38 bits per heavy atom. The molecule has 0 radical (unpaired) electrons. The Kier molecular flexibility index (Phi) is 6.01. The fraction of sp³-hybridized carbons (Fsp3) is 0.120. The molecule has 32 heavy (non-hydrogen) atoms. The van der Waals surface area contributed by atoms with Gasteiger partial charge in [-0.1, -0.05) is 22.0 Å². The number of aryl methyl sites for hydroxylation is 2. The zero-order valence-electron chi connectivity index (χ0n) is 17.6. The first-order valence-corrected chi connectivity index (χ1v) is 10.8. The molecule has 0 fully saturated rings. The first-order chi connectivity index (χ1) is 15.3. The molecule has 2 heterocycles. The number of aromatic nitrogens is 2. The summed E-state index contributed by atoms with van der Waals surface area (Å²) in [6.07, 6.45) is 4.46. The molecule has 0 aliphatic rings. The molecule has 0 spiro atoms. The van der Waals surface area contributed by atoms with Crippen LogP contribution >= 0.6 is 15.9 Å². The van der Waals surface area contributed by atoms with Gasteiger partial charge in [0.15, 0.2) is 5.78 Å². The van der Waals surface area contributed by atoms with Crippen LogP contribution in [0, 0.1) is 13.8 Å². The molecule has 160 valence electrons. The number of pyridine rings is 2. The van der Waals surface area contributed by atoms with Crippen molar-refractivity contribution in [3.05, 3.63) is 104 Å². The smallest absolute Gasteiger partial charge is 0.244 e. The highest BCUT2D eigenvalue weighted by Crippen LogP contribution is 2.20. The predicted molar refractivity (Wildman–Crippen MR) is 128 cm³/mol. The Labute approximate surface area is 193 Å². The maximum atomic E-state index is 13.1. The van der Waals surface area contributed by atoms with Crippen LogP contribution in [0.3, 0.4) is 0 Å². The van der Waals surface area contributed by atoms with E-state index in [-0.39, 0.29) is 23.4 Å². The fourth-order valence-electron chi connectivity index (χ4n) is 3.72. The second-order valence-electron chi connectivity index (χ2n) is 7.65. The molecule has 2 aromatic carbocycles. The predicted octanol–water partition coefficient (Wildman–Crippen LogP) is 4.65. The highest BCUT2D eigenvalue weighted by atomic mass is 79.9. The molecule has 1 N–H and O–H groups in total. The topological polar surface area (TPSA) is 81.1 Å². The average molecular weight is 490 g/mol. The van der Waals surface area contributed by atoms with Crippen molar-refractivity contribution in [1.29, 1.82) is 0 Å². The summed E-state index contributed by atoms with van der Waals surface area (Å²) in [6.45, 7) is 3.88. The van der Waals surface area contributed by atoms with Crippen LogP contribution in [0.4, 0.5) is 5.69 Å². The van der Waals surface area contributed by atoms with Crippen molar-refractivity contribution < 1.29 is 9.59 Å². The summed E-state index contributed by atoms with van der Waals surface area (Å²) < 4.78 is 2.34. The van der Waals surface area contributed by atoms with E-state index in [1.807, 2.05) is 32.0 Å². The number of hydrogen-bond acceptors (Lipinski definition) is 4. The van der Waals surface area contributed by atoms with Gasteiger partial charge in [-0.05, 0) is 67.4 Å². The van der Waals surface area contributed by atoms with E-state index in [1.165, 1.54) is 18.6 Å². The summed E-state index contributed by atoms with van der Waals surface area (Å²) in [7, 11) is 0. The first-order valence-electron chi connectivity index (χ1n) is 9.97. The third kappa shape index (κ3) is 4.53. The van der Waals surface area contributed by atoms with Crippen molar-refractivity contribution in [3.63, 3.8) is 0 Å². The van der Waals surface area contributed by atoms with Gasteiger partial charge in [0.25, 0.3) is 0 Å². The lowest BCUT2D eigenvalue weighted by Gasteiger charge is -2.14. The van der Waals surface area contributed by atoms with Crippen molar-refractivity contribution in [2.24, 2.45) is 0 Å². The number of rotatable bonds is 5. The normalized spacial score (nSPS) is 10.8. The maximum absolute atomic E-state index is 13.1. The van der Waals surface area contributed by atoms with Gasteiger partial charge in [0.05, 0.1) is 11.1 Å². The Morgan fingerprint density at radius 2 is 1.69 bits per heavy atom. The monoisotopic (exact) mass is 489 g/mol. The molecule has 0 unspecified atom stereocenters. The van der Waals surface area contributed by atoms with Gasteiger partial charge in [-0.2, -0.15) is 0 Å². The first kappa shape index (κ1) is 21.6. The molecular weight excluding hydrogens is 470 g/mol. The molecule has 6 nitrogen and oxygen atoms in total. The number of carbonyl (C=O) groups excluding carboxylic acids is 2. The number of nitrogens with one attached hydrogen (secondary N) is 1. The van der Waals surface area contributed by atoms with Crippen LogP contribution in [0.5, 0.6) is 0 Å². The SMILES string of the molecule is Cc1cc(C)cc(NC(=O)Cn2cc(C(=O)c3ccncc3)c(=O)c3cc(Br)ccc32)c1. The van der Waals surface area contributed by atoms with Gasteiger partial charge >= 0.3 is 0 Å². The van der Waals surface area contributed by atoms with E-state index < -0.39 is 5.78 Å². The standard InChI is InChI=1S/C25H20BrN3O3/c1-15-9-16(2)11-19(10-15)28-23(30)14-29-13-21(24(31)17-5-7-27-8-6-17)25(32)20-12-18(26)3-4-22(20)29/h3-13H,14H2,1-2H3,(H,28,30). The minimum absolute atomic E-state index is 0.000926. The molecule has 0 aliphatic heterocycles. The highest BCUT2D eigenvalue weighted by molar-refractivity contribution is 9.10. The van der Waals surface area contributed by atoms with Crippen LogP contribution in [0.1, 0.15) is 27.0 Å². The summed E-state index contributed by atoms with van der Waals surface area (Å²) in [5, 5.41) is 3.26. The molecule has 0 aliphatic carbocycles. The van der Waals surface area contributed by atoms with E-state index in [4.69, 9.17) is 0 Å². The lowest BCUT2D eigenvalue weighted by molar-refractivity contribution is -0.116. The second kappa shape index (κ2) is 8.88. The van der Waals surface area contributed by atoms with Gasteiger partial charge in [0.2, 0.25) is 11.3 Å². The fourth-order valence-corrected chi connectivity index (χ4v) is 4.08. The maximum Gasteiger partial charge on any atom is 0.244 e. The number of anilines is 1. The molecule has 1 amide bonds. The summed E-state index contributed by atoms with van der Waals surface area (Å²) in [4.78, 5) is 42.9. The zero-order valence-corrected chi connectivity index (χ0v) is 19.1. The van der Waals surface area contributed by atoms with Crippen molar-refractivity contribution >= 4 is 44.2 Å². The number of benzene rings is 2. The van der Waals surface area contributed by atoms with Crippen molar-refractivity contribution in [3.8, 4) is 0 Å². The Balaban J connectivity index is 1.76. The van der Waals surface area contributed by atoms with Crippen LogP contribution < -0.4 is 10.7 Å². The summed E-state index contributed by atoms with van der Waals surface area (Å²) in [6, 6.07) is 14.1. The molecule has 4 aromatic rings. The van der Waals surface area contributed by atoms with E-state index in [1.54, 1.807) is 34.9 Å². The number of carbonyl (C=O) groups is 2. The lowest BCUT2D eigenvalue weighted by atomic mass is 10.0. The molecule has 7 heteroatoms. The Morgan fingerprint density at radius 1 is 1.00 bits per heavy atom. The largest absolute Gasteiger partial charge is 0.337 e. The van der Waals surface area contributed by atoms with Crippen molar-refractivity contribution in [2.75, 3.05) is 5.32 Å². The molecule has 0 saturated heterocycles. The van der Waals surface area contributed by atoms with E-state index in [0.29, 0.717) is 26.6 Å². The summed E-state index contributed by atoms with van der Waals surface area (Å²) in [5.41, 5.74) is 3.34. The highest BCUT2D eigenvalue weighted by Gasteiger charge is 2.18. The lowest BCUT2D eigenvalue weighted by Crippen LogP contribution is -2.24. The zero-order chi connectivity index (χ0) is 22.8. The molecule has 2 aromatic heterocycles. The van der Waals surface area contributed by atoms with Gasteiger partial charge in [-0.15, -0.1) is 0 Å². The Bertz CT molecular complexity index is 1390. The van der Waals surface area contributed by atoms with E-state index in [9.17, 15) is 14.4 Å². The van der Waals surface area contributed by atoms with Gasteiger partial charge in [-0.25, -0.2) is 0 Å². The van der Waals surface area contributed by atoms with Crippen LogP contribution in [0.2, 0.25) is 0 Å². The molecule has 0 atom stereocenters. The second-order valence-corrected chi connectivity index (χ2v) is 8.57. The van der Waals surface area contributed by atoms with Crippen molar-refractivity contribution in [1.82, 2.24) is 9.55 Å². The van der Waals surface area contributed by atoms with Crippen LogP contribution in [0.25, 0.3) is 10.9 Å². The van der Waals surface area contributed by atoms with E-state index in [0.717, 1.165) is 11.1 Å². The van der Waals surface area contributed by atoms with Crippen LogP contribution in [-0.2, 0) is 11.3 Å². The third-order valence-corrected chi connectivity index (χ3v) is 5.54. The van der Waals surface area contributed by atoms with Gasteiger partial charge < -0.3 is 9.88 Å². The number of hydrogen-bond donors (Lipinski definition) is 1. The number of ketones is 1. The number of amides is 1.